The molecular weight excluding hydrogens is 418 g/mol. The zero-order valence-corrected chi connectivity index (χ0v) is 16.8. The predicted molar refractivity (Wildman–Crippen MR) is 114 cm³/mol. The van der Waals surface area contributed by atoms with Crippen molar-refractivity contribution in [1.29, 1.82) is 0 Å². The fourth-order valence-electron chi connectivity index (χ4n) is 3.09. The standard InChI is InChI=1S/C20H15N7O3S/c28-16(5-6-17-25-26-20(30-17)12-7-8-31-10-12)24-14-3-1-2-4-15(14)27-18-13(9-23-27)19(29)22-11-21-18/h1-4,7-11H,5-6H2,(H,24,28)(H,21,22,29). The van der Waals surface area contributed by atoms with E-state index in [9.17, 15) is 9.59 Å². The minimum absolute atomic E-state index is 0.164. The van der Waals surface area contributed by atoms with Crippen LogP contribution in [0, 0.1) is 0 Å². The first-order valence-corrected chi connectivity index (χ1v) is 10.3. The third-order valence-electron chi connectivity index (χ3n) is 4.58. The van der Waals surface area contributed by atoms with E-state index >= 15 is 0 Å². The van der Waals surface area contributed by atoms with Gasteiger partial charge in [-0.2, -0.15) is 16.4 Å². The largest absolute Gasteiger partial charge is 0.421 e. The highest BCUT2D eigenvalue weighted by Gasteiger charge is 2.15. The van der Waals surface area contributed by atoms with Crippen LogP contribution >= 0.6 is 11.3 Å². The second-order valence-electron chi connectivity index (χ2n) is 6.60. The number of amides is 1. The van der Waals surface area contributed by atoms with Crippen molar-refractivity contribution < 1.29 is 9.21 Å². The monoisotopic (exact) mass is 433 g/mol. The molecule has 0 bridgehead atoms. The summed E-state index contributed by atoms with van der Waals surface area (Å²) in [6, 6.07) is 9.06. The lowest BCUT2D eigenvalue weighted by atomic mass is 10.2. The summed E-state index contributed by atoms with van der Waals surface area (Å²) in [5, 5.41) is 19.4. The number of nitrogens with zero attached hydrogens (tertiary/aromatic N) is 5. The molecule has 0 spiro atoms. The SMILES string of the molecule is O=C(CCc1nnc(-c2ccsc2)o1)Nc1ccccc1-n1ncc2c(=O)[nH]cnc21. The summed E-state index contributed by atoms with van der Waals surface area (Å²) in [7, 11) is 0. The lowest BCUT2D eigenvalue weighted by Crippen LogP contribution is -2.15. The number of para-hydroxylation sites is 2. The van der Waals surface area contributed by atoms with Crippen molar-refractivity contribution in [3.8, 4) is 17.1 Å². The van der Waals surface area contributed by atoms with Crippen molar-refractivity contribution in [3.63, 3.8) is 0 Å². The van der Waals surface area contributed by atoms with E-state index in [4.69, 9.17) is 4.42 Å². The van der Waals surface area contributed by atoms with Gasteiger partial charge in [0.25, 0.3) is 5.56 Å². The average molecular weight is 433 g/mol. The Morgan fingerprint density at radius 1 is 1.23 bits per heavy atom. The number of aromatic nitrogens is 6. The normalized spacial score (nSPS) is 11.1. The summed E-state index contributed by atoms with van der Waals surface area (Å²) in [6.07, 6.45) is 3.24. The number of rotatable bonds is 6. The van der Waals surface area contributed by atoms with Crippen molar-refractivity contribution in [2.45, 2.75) is 12.8 Å². The molecule has 5 rings (SSSR count). The number of H-pyrrole nitrogens is 1. The van der Waals surface area contributed by atoms with Gasteiger partial charge in [0.2, 0.25) is 17.7 Å². The molecule has 11 heteroatoms. The molecule has 1 aromatic carbocycles. The van der Waals surface area contributed by atoms with Gasteiger partial charge in [0.15, 0.2) is 5.65 Å². The van der Waals surface area contributed by atoms with Gasteiger partial charge in [-0.3, -0.25) is 9.59 Å². The third-order valence-corrected chi connectivity index (χ3v) is 5.26. The Labute approximate surface area is 178 Å². The Hall–Kier alpha value is -4.12. The van der Waals surface area contributed by atoms with E-state index in [0.717, 1.165) is 5.56 Å². The minimum atomic E-state index is -0.279. The highest BCUT2D eigenvalue weighted by molar-refractivity contribution is 7.08. The molecule has 5 aromatic rings. The van der Waals surface area contributed by atoms with Gasteiger partial charge in [0.1, 0.15) is 5.39 Å². The maximum atomic E-state index is 12.6. The van der Waals surface area contributed by atoms with Crippen molar-refractivity contribution in [2.75, 3.05) is 5.32 Å². The second kappa shape index (κ2) is 7.95. The number of carbonyl (C=O) groups excluding carboxylic acids is 1. The van der Waals surface area contributed by atoms with E-state index in [-0.39, 0.29) is 17.9 Å². The Bertz CT molecular complexity index is 1420. The Kier molecular flexibility index (Phi) is 4.84. The molecule has 0 aliphatic carbocycles. The van der Waals surface area contributed by atoms with Crippen LogP contribution in [0.2, 0.25) is 0 Å². The fraction of sp³-hybridized carbons (Fsp3) is 0.100. The number of aromatic amines is 1. The molecule has 10 nitrogen and oxygen atoms in total. The van der Waals surface area contributed by atoms with Crippen LogP contribution in [0.4, 0.5) is 5.69 Å². The highest BCUT2D eigenvalue weighted by atomic mass is 32.1. The van der Waals surface area contributed by atoms with Gasteiger partial charge in [0, 0.05) is 23.8 Å². The highest BCUT2D eigenvalue weighted by Crippen LogP contribution is 2.23. The van der Waals surface area contributed by atoms with Crippen LogP contribution in [0.5, 0.6) is 0 Å². The molecule has 31 heavy (non-hydrogen) atoms. The first-order chi connectivity index (χ1) is 15.2. The number of anilines is 1. The lowest BCUT2D eigenvalue weighted by Gasteiger charge is -2.11. The van der Waals surface area contributed by atoms with Gasteiger partial charge in [-0.15, -0.1) is 10.2 Å². The average Bonchev–Trinajstić information content (AvgIpc) is 3.53. The number of thiophene rings is 1. The summed E-state index contributed by atoms with van der Waals surface area (Å²) in [4.78, 5) is 31.2. The number of benzene rings is 1. The van der Waals surface area contributed by atoms with Crippen LogP contribution in [0.25, 0.3) is 28.2 Å². The number of carbonyl (C=O) groups is 1. The van der Waals surface area contributed by atoms with Crippen molar-refractivity contribution in [2.24, 2.45) is 0 Å². The van der Waals surface area contributed by atoms with Gasteiger partial charge in [-0.25, -0.2) is 9.67 Å². The molecular formula is C20H15N7O3S. The third kappa shape index (κ3) is 3.73. The van der Waals surface area contributed by atoms with Gasteiger partial charge in [-0.05, 0) is 23.6 Å². The van der Waals surface area contributed by atoms with Crippen molar-refractivity contribution in [3.05, 3.63) is 69.9 Å². The number of hydrogen-bond donors (Lipinski definition) is 2. The number of aryl methyl sites for hydroxylation is 1. The van der Waals surface area contributed by atoms with Crippen LogP contribution in [-0.2, 0) is 11.2 Å². The predicted octanol–water partition coefficient (Wildman–Crippen LogP) is 2.79. The molecule has 2 N–H and O–H groups in total. The quantitative estimate of drug-likeness (QED) is 0.421. The van der Waals surface area contributed by atoms with E-state index < -0.39 is 0 Å². The molecule has 0 radical (unpaired) electrons. The molecule has 0 aliphatic rings. The maximum absolute atomic E-state index is 12.6. The second-order valence-corrected chi connectivity index (χ2v) is 7.38. The van der Waals surface area contributed by atoms with Crippen LogP contribution in [-0.4, -0.2) is 35.9 Å². The molecule has 0 saturated heterocycles. The zero-order valence-electron chi connectivity index (χ0n) is 16.0. The zero-order chi connectivity index (χ0) is 21.2. The molecule has 0 atom stereocenters. The summed E-state index contributed by atoms with van der Waals surface area (Å²) >= 11 is 1.54. The summed E-state index contributed by atoms with van der Waals surface area (Å²) in [6.45, 7) is 0. The summed E-state index contributed by atoms with van der Waals surface area (Å²) in [5.41, 5.74) is 2.13. The molecule has 4 heterocycles. The maximum Gasteiger partial charge on any atom is 0.261 e. The van der Waals surface area contributed by atoms with Gasteiger partial charge < -0.3 is 14.7 Å². The number of nitrogens with one attached hydrogen (secondary N) is 2. The molecule has 0 fully saturated rings. The summed E-state index contributed by atoms with van der Waals surface area (Å²) < 4.78 is 7.14. The van der Waals surface area contributed by atoms with Gasteiger partial charge in [0.05, 0.1) is 23.9 Å². The molecule has 0 saturated carbocycles. The van der Waals surface area contributed by atoms with Crippen LogP contribution in [0.15, 0.2) is 62.8 Å². The topological polar surface area (TPSA) is 132 Å². The summed E-state index contributed by atoms with van der Waals surface area (Å²) in [5.74, 6) is 0.617. The van der Waals surface area contributed by atoms with Gasteiger partial charge in [-0.1, -0.05) is 12.1 Å². The fourth-order valence-corrected chi connectivity index (χ4v) is 3.72. The lowest BCUT2D eigenvalue weighted by molar-refractivity contribution is -0.116. The van der Waals surface area contributed by atoms with E-state index in [0.29, 0.717) is 40.6 Å². The Balaban J connectivity index is 1.32. The van der Waals surface area contributed by atoms with Gasteiger partial charge >= 0.3 is 0 Å². The van der Waals surface area contributed by atoms with Crippen molar-refractivity contribution in [1.82, 2.24) is 29.9 Å². The molecule has 154 valence electrons. The molecule has 0 aliphatic heterocycles. The van der Waals surface area contributed by atoms with E-state index in [1.165, 1.54) is 17.2 Å². The Morgan fingerprint density at radius 3 is 3.00 bits per heavy atom. The Morgan fingerprint density at radius 2 is 2.13 bits per heavy atom. The van der Waals surface area contributed by atoms with E-state index in [2.05, 4.69) is 30.6 Å². The minimum Gasteiger partial charge on any atom is -0.421 e. The van der Waals surface area contributed by atoms with E-state index in [1.807, 2.05) is 22.9 Å². The van der Waals surface area contributed by atoms with Crippen molar-refractivity contribution >= 4 is 34.0 Å². The molecule has 1 amide bonds. The molecule has 0 unspecified atom stereocenters. The first kappa shape index (κ1) is 18.9. The van der Waals surface area contributed by atoms with Crippen LogP contribution in [0.1, 0.15) is 12.3 Å². The molecule has 4 aromatic heterocycles. The van der Waals surface area contributed by atoms with Crippen LogP contribution in [0.3, 0.4) is 0 Å². The van der Waals surface area contributed by atoms with E-state index in [1.54, 1.807) is 29.5 Å². The first-order valence-electron chi connectivity index (χ1n) is 9.34. The van der Waals surface area contributed by atoms with Crippen LogP contribution < -0.4 is 10.9 Å². The number of fused-ring (bicyclic) bond motifs is 1. The number of hydrogen-bond acceptors (Lipinski definition) is 8. The smallest absolute Gasteiger partial charge is 0.261 e.